The van der Waals surface area contributed by atoms with Crippen LogP contribution in [0.4, 0.5) is 5.82 Å². The molecule has 2 saturated heterocycles. The van der Waals surface area contributed by atoms with Gasteiger partial charge in [-0.3, -0.25) is 0 Å². The summed E-state index contributed by atoms with van der Waals surface area (Å²) in [6.07, 6.45) is 8.31. The van der Waals surface area contributed by atoms with Crippen molar-refractivity contribution in [1.82, 2.24) is 24.8 Å². The van der Waals surface area contributed by atoms with Crippen LogP contribution < -0.4 is 11.1 Å². The first-order chi connectivity index (χ1) is 15.1. The van der Waals surface area contributed by atoms with Gasteiger partial charge in [0.25, 0.3) is 0 Å². The molecule has 31 heavy (non-hydrogen) atoms. The Kier molecular flexibility index (Phi) is 6.17. The number of unbranched alkanes of at least 4 members (excludes halogenated alkanes) is 1. The van der Waals surface area contributed by atoms with Crippen LogP contribution >= 0.6 is 11.3 Å². The van der Waals surface area contributed by atoms with Gasteiger partial charge in [-0.05, 0) is 83.2 Å². The van der Waals surface area contributed by atoms with Gasteiger partial charge in [-0.15, -0.1) is 11.3 Å². The maximum atomic E-state index is 6.47. The van der Waals surface area contributed by atoms with E-state index in [0.29, 0.717) is 17.7 Å². The predicted octanol–water partition coefficient (Wildman–Crippen LogP) is 4.38. The van der Waals surface area contributed by atoms with Gasteiger partial charge < -0.3 is 20.5 Å². The number of nitrogens with two attached hydrogens (primary N) is 1. The summed E-state index contributed by atoms with van der Waals surface area (Å²) < 4.78 is 3.82. The van der Waals surface area contributed by atoms with Crippen LogP contribution in [0.3, 0.4) is 0 Å². The minimum absolute atomic E-state index is 0.594. The summed E-state index contributed by atoms with van der Waals surface area (Å²) in [6, 6.07) is 2.32. The molecule has 3 aromatic heterocycles. The van der Waals surface area contributed by atoms with Crippen molar-refractivity contribution in [2.75, 3.05) is 39.0 Å². The Morgan fingerprint density at radius 2 is 1.94 bits per heavy atom. The molecule has 7 heteroatoms. The van der Waals surface area contributed by atoms with E-state index in [1.54, 1.807) is 0 Å². The van der Waals surface area contributed by atoms with E-state index in [1.807, 2.05) is 11.3 Å². The lowest BCUT2D eigenvalue weighted by Crippen LogP contribution is -2.30. The Labute approximate surface area is 189 Å². The van der Waals surface area contributed by atoms with Gasteiger partial charge in [0, 0.05) is 17.8 Å². The fraction of sp³-hybridized carbons (Fsp3) is 0.667. The Morgan fingerprint density at radius 1 is 1.16 bits per heavy atom. The number of piperidine rings is 2. The van der Waals surface area contributed by atoms with E-state index in [9.17, 15) is 0 Å². The molecule has 3 N–H and O–H groups in total. The molecule has 0 amide bonds. The molecule has 5 heterocycles. The Bertz CT molecular complexity index is 1040. The van der Waals surface area contributed by atoms with E-state index in [2.05, 4.69) is 34.8 Å². The van der Waals surface area contributed by atoms with Gasteiger partial charge in [0.15, 0.2) is 5.82 Å². The molecule has 0 unspecified atom stereocenters. The summed E-state index contributed by atoms with van der Waals surface area (Å²) >= 11 is 1.95. The number of pyridine rings is 1. The van der Waals surface area contributed by atoms with Crippen LogP contribution in [0.1, 0.15) is 62.1 Å². The fourth-order valence-corrected chi connectivity index (χ4v) is 6.60. The van der Waals surface area contributed by atoms with Crippen molar-refractivity contribution < 1.29 is 0 Å². The minimum atomic E-state index is 0.594. The second-order valence-electron chi connectivity index (χ2n) is 9.57. The van der Waals surface area contributed by atoms with Crippen LogP contribution in [0.5, 0.6) is 0 Å². The number of hydrogen-bond acceptors (Lipinski definition) is 6. The summed E-state index contributed by atoms with van der Waals surface area (Å²) in [5.74, 6) is 3.14. The number of aryl methyl sites for hydroxylation is 1. The van der Waals surface area contributed by atoms with Gasteiger partial charge in [0.1, 0.15) is 11.3 Å². The summed E-state index contributed by atoms with van der Waals surface area (Å²) in [7, 11) is 2.23. The average Bonchev–Trinajstić information content (AvgIpc) is 3.35. The van der Waals surface area contributed by atoms with E-state index >= 15 is 0 Å². The van der Waals surface area contributed by atoms with Crippen LogP contribution in [-0.4, -0.2) is 52.7 Å². The molecular weight excluding hydrogens is 404 g/mol. The third-order valence-corrected chi connectivity index (χ3v) is 8.54. The molecule has 2 aliphatic rings. The number of thiophene rings is 1. The first kappa shape index (κ1) is 21.2. The van der Waals surface area contributed by atoms with E-state index in [-0.39, 0.29) is 0 Å². The molecule has 0 aromatic carbocycles. The molecule has 0 spiro atoms. The molecule has 6 nitrogen and oxygen atoms in total. The second-order valence-corrected chi connectivity index (χ2v) is 10.7. The first-order valence-electron chi connectivity index (χ1n) is 12.1. The third-order valence-electron chi connectivity index (χ3n) is 7.25. The second kappa shape index (κ2) is 9.04. The molecule has 0 atom stereocenters. The van der Waals surface area contributed by atoms with Crippen LogP contribution in [-0.2, 0) is 13.0 Å². The molecule has 0 radical (unpaired) electrons. The number of nitrogen functional groups attached to an aromatic ring is 1. The van der Waals surface area contributed by atoms with Crippen molar-refractivity contribution in [1.29, 1.82) is 0 Å². The zero-order chi connectivity index (χ0) is 21.4. The van der Waals surface area contributed by atoms with Crippen molar-refractivity contribution in [3.05, 3.63) is 16.8 Å². The van der Waals surface area contributed by atoms with E-state index < -0.39 is 0 Å². The van der Waals surface area contributed by atoms with E-state index in [4.69, 9.17) is 15.7 Å². The molecule has 5 rings (SSSR count). The largest absolute Gasteiger partial charge is 0.382 e. The van der Waals surface area contributed by atoms with Crippen molar-refractivity contribution >= 4 is 38.4 Å². The SMILES string of the molecule is CCCCc1nc2c(N)nc3cc(C4CCN(C)CC4)sc3c2n1CC1CCNCC1. The molecule has 168 valence electrons. The Morgan fingerprint density at radius 3 is 2.68 bits per heavy atom. The number of anilines is 1. The van der Waals surface area contributed by atoms with Gasteiger partial charge >= 0.3 is 0 Å². The zero-order valence-corrected chi connectivity index (χ0v) is 19.8. The monoisotopic (exact) mass is 440 g/mol. The number of nitrogens with zero attached hydrogens (tertiary/aromatic N) is 4. The molecule has 0 aliphatic carbocycles. The Balaban J connectivity index is 1.60. The smallest absolute Gasteiger partial charge is 0.152 e. The van der Waals surface area contributed by atoms with Crippen molar-refractivity contribution in [3.63, 3.8) is 0 Å². The highest BCUT2D eigenvalue weighted by Gasteiger charge is 2.25. The Hall–Kier alpha value is -1.70. The standard InChI is InChI=1S/C24H36N6S/c1-3-4-5-20-28-21-22(30(20)15-16-6-10-26-11-7-16)23-18(27-24(21)25)14-19(31-23)17-8-12-29(2)13-9-17/h14,16-17,26H,3-13,15H2,1-2H3,(H2,25,27). The van der Waals surface area contributed by atoms with Crippen molar-refractivity contribution in [2.24, 2.45) is 5.92 Å². The molecule has 0 saturated carbocycles. The fourth-order valence-electron chi connectivity index (χ4n) is 5.28. The summed E-state index contributed by atoms with van der Waals surface area (Å²) in [5.41, 5.74) is 9.71. The number of aromatic nitrogens is 3. The first-order valence-corrected chi connectivity index (χ1v) is 12.9. The number of likely N-dealkylation sites (tertiary alicyclic amines) is 1. The quantitative estimate of drug-likeness (QED) is 0.595. The van der Waals surface area contributed by atoms with Gasteiger partial charge in [-0.25, -0.2) is 9.97 Å². The van der Waals surface area contributed by atoms with Gasteiger partial charge in [0.2, 0.25) is 0 Å². The summed E-state index contributed by atoms with van der Waals surface area (Å²) in [6.45, 7) is 7.91. The van der Waals surface area contributed by atoms with Gasteiger partial charge in [-0.2, -0.15) is 0 Å². The summed E-state index contributed by atoms with van der Waals surface area (Å²) in [5, 5.41) is 3.51. The molecule has 3 aromatic rings. The highest BCUT2D eigenvalue weighted by Crippen LogP contribution is 2.40. The lowest BCUT2D eigenvalue weighted by molar-refractivity contribution is 0.257. The lowest BCUT2D eigenvalue weighted by atomic mass is 9.95. The minimum Gasteiger partial charge on any atom is -0.382 e. The highest BCUT2D eigenvalue weighted by atomic mass is 32.1. The van der Waals surface area contributed by atoms with Gasteiger partial charge in [0.05, 0.1) is 15.7 Å². The number of hydrogen-bond donors (Lipinski definition) is 2. The van der Waals surface area contributed by atoms with Crippen LogP contribution in [0.15, 0.2) is 6.07 Å². The van der Waals surface area contributed by atoms with E-state index in [1.165, 1.54) is 66.1 Å². The van der Waals surface area contributed by atoms with Crippen LogP contribution in [0, 0.1) is 5.92 Å². The lowest BCUT2D eigenvalue weighted by Gasteiger charge is -2.28. The molecule has 0 bridgehead atoms. The predicted molar refractivity (Wildman–Crippen MR) is 131 cm³/mol. The number of imidazole rings is 1. The maximum Gasteiger partial charge on any atom is 0.152 e. The van der Waals surface area contributed by atoms with Crippen LogP contribution in [0.2, 0.25) is 0 Å². The molecule has 2 fully saturated rings. The topological polar surface area (TPSA) is 72.0 Å². The number of rotatable bonds is 6. The summed E-state index contributed by atoms with van der Waals surface area (Å²) in [4.78, 5) is 13.8. The maximum absolute atomic E-state index is 6.47. The van der Waals surface area contributed by atoms with Crippen LogP contribution in [0.25, 0.3) is 21.3 Å². The number of fused-ring (bicyclic) bond motifs is 3. The number of nitrogens with one attached hydrogen (secondary N) is 1. The average molecular weight is 441 g/mol. The highest BCUT2D eigenvalue weighted by molar-refractivity contribution is 7.20. The van der Waals surface area contributed by atoms with E-state index in [0.717, 1.165) is 43.5 Å². The molecular formula is C24H36N6S. The van der Waals surface area contributed by atoms with Crippen molar-refractivity contribution in [2.45, 2.75) is 64.3 Å². The van der Waals surface area contributed by atoms with Crippen molar-refractivity contribution in [3.8, 4) is 0 Å². The van der Waals surface area contributed by atoms with Gasteiger partial charge in [-0.1, -0.05) is 13.3 Å². The molecule has 2 aliphatic heterocycles. The zero-order valence-electron chi connectivity index (χ0n) is 19.0. The normalized spacial score (nSPS) is 19.7. The third kappa shape index (κ3) is 4.20.